The summed E-state index contributed by atoms with van der Waals surface area (Å²) in [5, 5.41) is 9.80. The van der Waals surface area contributed by atoms with E-state index in [0.717, 1.165) is 0 Å². The predicted octanol–water partition coefficient (Wildman–Crippen LogP) is 3.59. The Morgan fingerprint density at radius 1 is 1.33 bits per heavy atom. The molecule has 142 valence electrons. The fraction of sp³-hybridized carbons (Fsp3) is 0.350. The highest BCUT2D eigenvalue weighted by Crippen LogP contribution is 2.26. The number of nitriles is 1. The molecule has 1 aromatic heterocycles. The van der Waals surface area contributed by atoms with Crippen molar-refractivity contribution in [3.63, 3.8) is 0 Å². The lowest BCUT2D eigenvalue weighted by Gasteiger charge is -2.18. The Bertz CT molecular complexity index is 945. The van der Waals surface area contributed by atoms with Gasteiger partial charge in [0.25, 0.3) is 0 Å². The Kier molecular flexibility index (Phi) is 6.01. The molecule has 1 heterocycles. The summed E-state index contributed by atoms with van der Waals surface area (Å²) >= 11 is 0. The Labute approximate surface area is 156 Å². The van der Waals surface area contributed by atoms with E-state index < -0.39 is 23.4 Å². The van der Waals surface area contributed by atoms with Crippen molar-refractivity contribution in [3.8, 4) is 6.07 Å². The number of hydrogen-bond acceptors (Lipinski definition) is 5. The van der Waals surface area contributed by atoms with Gasteiger partial charge >= 0.3 is 11.9 Å². The molecule has 0 saturated heterocycles. The highest BCUT2D eigenvalue weighted by Gasteiger charge is 2.21. The maximum atomic E-state index is 14.3. The molecule has 1 aromatic carbocycles. The lowest BCUT2D eigenvalue weighted by atomic mass is 10.1. The van der Waals surface area contributed by atoms with Crippen molar-refractivity contribution in [2.45, 2.75) is 39.8 Å². The van der Waals surface area contributed by atoms with E-state index in [1.807, 2.05) is 6.07 Å². The number of nitrogens with zero attached hydrogens (tertiary/aromatic N) is 2. The van der Waals surface area contributed by atoms with Crippen LogP contribution >= 0.6 is 0 Å². The van der Waals surface area contributed by atoms with Crippen molar-refractivity contribution in [1.29, 1.82) is 5.26 Å². The third kappa shape index (κ3) is 4.94. The molecule has 0 unspecified atom stereocenters. The molecule has 0 N–H and O–H groups in total. The van der Waals surface area contributed by atoms with E-state index in [1.165, 1.54) is 29.0 Å². The average molecular weight is 372 g/mol. The number of carbonyl (C=O) groups excluding carboxylic acids is 2. The van der Waals surface area contributed by atoms with Crippen LogP contribution in [0, 0.1) is 17.1 Å². The fourth-order valence-corrected chi connectivity index (χ4v) is 2.55. The molecular weight excluding hydrogens is 351 g/mol. The van der Waals surface area contributed by atoms with E-state index in [9.17, 15) is 19.2 Å². The molecule has 7 heteroatoms. The number of carbonyl (C=O) groups is 2. The van der Waals surface area contributed by atoms with Crippen molar-refractivity contribution in [2.24, 2.45) is 0 Å². The first-order chi connectivity index (χ1) is 12.7. The monoisotopic (exact) mass is 372 g/mol. The minimum atomic E-state index is -0.771. The van der Waals surface area contributed by atoms with Crippen molar-refractivity contribution in [2.75, 3.05) is 6.61 Å². The molecule has 0 aliphatic carbocycles. The summed E-state index contributed by atoms with van der Waals surface area (Å²) in [4.78, 5) is 24.0. The number of para-hydroxylation sites is 1. The Hall–Kier alpha value is -3.14. The van der Waals surface area contributed by atoms with Gasteiger partial charge in [0.1, 0.15) is 29.6 Å². The van der Waals surface area contributed by atoms with Crippen LogP contribution < -0.4 is 0 Å². The second-order valence-electron chi connectivity index (χ2n) is 6.83. The quantitative estimate of drug-likeness (QED) is 0.455. The third-order valence-electron chi connectivity index (χ3n) is 3.52. The van der Waals surface area contributed by atoms with Crippen LogP contribution in [-0.2, 0) is 25.6 Å². The van der Waals surface area contributed by atoms with Crippen LogP contribution in [0.25, 0.3) is 17.0 Å². The van der Waals surface area contributed by atoms with Gasteiger partial charge in [0, 0.05) is 17.1 Å². The number of fused-ring (bicyclic) bond motifs is 1. The van der Waals surface area contributed by atoms with Gasteiger partial charge in [-0.2, -0.15) is 5.26 Å². The lowest BCUT2D eigenvalue weighted by Crippen LogP contribution is -2.24. The van der Waals surface area contributed by atoms with Crippen molar-refractivity contribution in [3.05, 3.63) is 41.3 Å². The molecule has 0 bridgehead atoms. The van der Waals surface area contributed by atoms with Crippen LogP contribution in [0.15, 0.2) is 30.0 Å². The minimum Gasteiger partial charge on any atom is -0.465 e. The van der Waals surface area contributed by atoms with Crippen molar-refractivity contribution >= 4 is 28.9 Å². The zero-order chi connectivity index (χ0) is 20.2. The summed E-state index contributed by atoms with van der Waals surface area (Å²) in [7, 11) is 0. The normalized spacial score (nSPS) is 11.9. The van der Waals surface area contributed by atoms with E-state index in [1.54, 1.807) is 33.8 Å². The highest BCUT2D eigenvalue weighted by molar-refractivity contribution is 6.01. The van der Waals surface area contributed by atoms with E-state index >= 15 is 0 Å². The summed E-state index contributed by atoms with van der Waals surface area (Å²) in [6.07, 6.45) is 2.84. The number of rotatable bonds is 5. The molecule has 27 heavy (non-hydrogen) atoms. The molecule has 0 amide bonds. The summed E-state index contributed by atoms with van der Waals surface area (Å²) < 4.78 is 25.9. The van der Waals surface area contributed by atoms with E-state index in [0.29, 0.717) is 10.9 Å². The van der Waals surface area contributed by atoms with Gasteiger partial charge in [-0.15, -0.1) is 0 Å². The van der Waals surface area contributed by atoms with Crippen molar-refractivity contribution in [1.82, 2.24) is 4.57 Å². The molecule has 0 aliphatic heterocycles. The molecule has 6 nitrogen and oxygen atoms in total. The fourth-order valence-electron chi connectivity index (χ4n) is 2.55. The standard InChI is InChI=1S/C20H21FN2O4/c1-5-26-17(24)12-23-11-14(15-7-6-8-16(21)18(15)23)9-13(10-22)19(25)27-20(2,3)4/h6-9,11H,5,12H2,1-4H3/b13-9+. The predicted molar refractivity (Wildman–Crippen MR) is 98.0 cm³/mol. The molecule has 0 saturated carbocycles. The third-order valence-corrected chi connectivity index (χ3v) is 3.52. The number of benzene rings is 1. The molecule has 0 aliphatic rings. The summed E-state index contributed by atoms with van der Waals surface area (Å²) in [6, 6.07) is 6.25. The molecule has 0 fully saturated rings. The van der Waals surface area contributed by atoms with E-state index in [-0.39, 0.29) is 24.2 Å². The summed E-state index contributed by atoms with van der Waals surface area (Å²) in [6.45, 7) is 6.79. The van der Waals surface area contributed by atoms with Gasteiger partial charge in [-0.25, -0.2) is 9.18 Å². The van der Waals surface area contributed by atoms with Crippen LogP contribution in [0.3, 0.4) is 0 Å². The molecule has 0 atom stereocenters. The zero-order valence-electron chi connectivity index (χ0n) is 15.7. The van der Waals surface area contributed by atoms with E-state index in [4.69, 9.17) is 9.47 Å². The largest absolute Gasteiger partial charge is 0.465 e. The number of esters is 2. The Balaban J connectivity index is 2.52. The summed E-state index contributed by atoms with van der Waals surface area (Å²) in [5.41, 5.74) is -0.351. The van der Waals surface area contributed by atoms with Crippen LogP contribution in [0.1, 0.15) is 33.3 Å². The van der Waals surface area contributed by atoms with Crippen molar-refractivity contribution < 1.29 is 23.5 Å². The first-order valence-corrected chi connectivity index (χ1v) is 8.44. The minimum absolute atomic E-state index is 0.187. The Morgan fingerprint density at radius 2 is 2.04 bits per heavy atom. The van der Waals surface area contributed by atoms with Gasteiger partial charge in [0.15, 0.2) is 0 Å². The maximum absolute atomic E-state index is 14.3. The van der Waals surface area contributed by atoms with Crippen LogP contribution in [-0.4, -0.2) is 28.7 Å². The molecule has 2 rings (SSSR count). The number of aromatic nitrogens is 1. The number of halogens is 1. The van der Waals surface area contributed by atoms with Gasteiger partial charge in [-0.1, -0.05) is 12.1 Å². The van der Waals surface area contributed by atoms with Gasteiger partial charge in [-0.3, -0.25) is 4.79 Å². The SMILES string of the molecule is CCOC(=O)Cn1cc(/C=C(\C#N)C(=O)OC(C)(C)C)c2cccc(F)c21. The zero-order valence-corrected chi connectivity index (χ0v) is 15.7. The van der Waals surface area contributed by atoms with Gasteiger partial charge < -0.3 is 14.0 Å². The smallest absolute Gasteiger partial charge is 0.349 e. The van der Waals surface area contributed by atoms with Gasteiger partial charge in [0.05, 0.1) is 12.1 Å². The number of ether oxygens (including phenoxy) is 2. The van der Waals surface area contributed by atoms with Gasteiger partial charge in [0.2, 0.25) is 0 Å². The second-order valence-corrected chi connectivity index (χ2v) is 6.83. The second kappa shape index (κ2) is 8.04. The average Bonchev–Trinajstić information content (AvgIpc) is 2.89. The van der Waals surface area contributed by atoms with Gasteiger partial charge in [-0.05, 0) is 39.8 Å². The molecule has 0 radical (unpaired) electrons. The first-order valence-electron chi connectivity index (χ1n) is 8.44. The Morgan fingerprint density at radius 3 is 2.63 bits per heavy atom. The van der Waals surface area contributed by atoms with E-state index in [2.05, 4.69) is 0 Å². The summed E-state index contributed by atoms with van der Waals surface area (Å²) in [5.74, 6) is -1.80. The maximum Gasteiger partial charge on any atom is 0.349 e. The first kappa shape index (κ1) is 20.2. The number of hydrogen-bond donors (Lipinski definition) is 0. The lowest BCUT2D eigenvalue weighted by molar-refractivity contribution is -0.149. The van der Waals surface area contributed by atoms with Crippen LogP contribution in [0.5, 0.6) is 0 Å². The molecular formula is C20H21FN2O4. The highest BCUT2D eigenvalue weighted by atomic mass is 19.1. The molecule has 0 spiro atoms. The van der Waals surface area contributed by atoms with Crippen LogP contribution in [0.2, 0.25) is 0 Å². The molecule has 2 aromatic rings. The van der Waals surface area contributed by atoms with Crippen LogP contribution in [0.4, 0.5) is 4.39 Å². The topological polar surface area (TPSA) is 81.3 Å².